The van der Waals surface area contributed by atoms with E-state index in [1.165, 1.54) is 0 Å². The van der Waals surface area contributed by atoms with Crippen LogP contribution in [0.5, 0.6) is 0 Å². The first-order valence-electron chi connectivity index (χ1n) is 8.65. The third-order valence-corrected chi connectivity index (χ3v) is 3.35. The molecule has 32 heavy (non-hydrogen) atoms. The maximum Gasteiger partial charge on any atom is 3.00 e. The molecule has 0 aliphatic carbocycles. The molecule has 0 unspecified atom stereocenters. The summed E-state index contributed by atoms with van der Waals surface area (Å²) in [6.07, 6.45) is 7.07. The third-order valence-electron chi connectivity index (χ3n) is 3.35. The fraction of sp³-hybridized carbons (Fsp3) is 0. The number of rotatable bonds is 2. The second-order valence-electron chi connectivity index (χ2n) is 5.43. The molecule has 0 N–H and O–H groups in total. The van der Waals surface area contributed by atoms with E-state index < -0.39 is 11.9 Å². The molecule has 0 atom stereocenters. The molecular formula is C22H16CrIN4O4. The van der Waals surface area contributed by atoms with Crippen LogP contribution in [0.2, 0.25) is 0 Å². The minimum absolute atomic E-state index is 0. The number of halogens is 1. The standard InChI is InChI=1S/2C10H8N2.C2H2O4.Cr.HI/c2*1-3-7-11-9(5-1)10-6-2-4-8-12-10;3-1(4)2(5)6;;/h2*1-8H;(H,3,4)(H,5,6);;1H/q;;;+3;/p-3. The predicted octanol–water partition coefficient (Wildman–Crippen LogP) is -2.23. The van der Waals surface area contributed by atoms with Crippen molar-refractivity contribution in [1.82, 2.24) is 19.9 Å². The van der Waals surface area contributed by atoms with Crippen molar-refractivity contribution in [2.75, 3.05) is 0 Å². The largest absolute Gasteiger partial charge is 3.00 e. The number of nitrogens with zero attached hydrogens (tertiary/aromatic N) is 4. The van der Waals surface area contributed by atoms with Crippen molar-refractivity contribution < 1.29 is 61.1 Å². The van der Waals surface area contributed by atoms with E-state index in [1.807, 2.05) is 72.8 Å². The molecule has 0 amide bonds. The van der Waals surface area contributed by atoms with Crippen LogP contribution in [-0.2, 0) is 27.0 Å². The summed E-state index contributed by atoms with van der Waals surface area (Å²) in [6, 6.07) is 23.2. The molecule has 1 radical (unpaired) electrons. The number of aromatic nitrogens is 4. The zero-order chi connectivity index (χ0) is 21.6. The van der Waals surface area contributed by atoms with Gasteiger partial charge in [0.05, 0.1) is 34.7 Å². The van der Waals surface area contributed by atoms with Crippen LogP contribution < -0.4 is 34.2 Å². The van der Waals surface area contributed by atoms with E-state index in [0.717, 1.165) is 22.8 Å². The van der Waals surface area contributed by atoms with E-state index in [9.17, 15) is 0 Å². The molecular weight excluding hydrogens is 563 g/mol. The van der Waals surface area contributed by atoms with Crippen LogP contribution in [-0.4, -0.2) is 31.9 Å². The van der Waals surface area contributed by atoms with Crippen molar-refractivity contribution in [3.05, 3.63) is 97.6 Å². The fourth-order valence-corrected chi connectivity index (χ4v) is 2.06. The smallest absolute Gasteiger partial charge is 1.00 e. The fourth-order valence-electron chi connectivity index (χ4n) is 2.06. The minimum Gasteiger partial charge on any atom is -1.00 e. The van der Waals surface area contributed by atoms with Gasteiger partial charge in [-0.25, -0.2) is 0 Å². The van der Waals surface area contributed by atoms with Gasteiger partial charge in [-0.2, -0.15) is 0 Å². The summed E-state index contributed by atoms with van der Waals surface area (Å²) >= 11 is 0. The van der Waals surface area contributed by atoms with Crippen LogP contribution in [0.25, 0.3) is 22.8 Å². The van der Waals surface area contributed by atoms with E-state index in [0.29, 0.717) is 0 Å². The molecule has 8 nitrogen and oxygen atoms in total. The monoisotopic (exact) mass is 579 g/mol. The number of pyridine rings is 4. The molecule has 4 heterocycles. The number of hydrogen-bond acceptors (Lipinski definition) is 8. The molecule has 0 aliphatic heterocycles. The van der Waals surface area contributed by atoms with Gasteiger partial charge in [0.15, 0.2) is 0 Å². The first-order valence-corrected chi connectivity index (χ1v) is 8.65. The van der Waals surface area contributed by atoms with Crippen molar-refractivity contribution in [1.29, 1.82) is 0 Å². The Morgan fingerprint density at radius 1 is 0.500 bits per heavy atom. The van der Waals surface area contributed by atoms with Crippen molar-refractivity contribution in [2.24, 2.45) is 0 Å². The summed E-state index contributed by atoms with van der Waals surface area (Å²) in [5.74, 6) is -4.37. The first kappa shape index (κ1) is 28.8. The van der Waals surface area contributed by atoms with Crippen LogP contribution >= 0.6 is 0 Å². The quantitative estimate of drug-likeness (QED) is 0.193. The third kappa shape index (κ3) is 10.7. The zero-order valence-electron chi connectivity index (χ0n) is 16.4. The van der Waals surface area contributed by atoms with Gasteiger partial charge in [-0.05, 0) is 48.5 Å². The number of aliphatic carboxylic acids is 2. The predicted molar refractivity (Wildman–Crippen MR) is 105 cm³/mol. The topological polar surface area (TPSA) is 132 Å². The Labute approximate surface area is 212 Å². The maximum atomic E-state index is 8.93. The molecule has 0 saturated heterocycles. The van der Waals surface area contributed by atoms with Crippen LogP contribution in [0, 0.1) is 0 Å². The summed E-state index contributed by atoms with van der Waals surface area (Å²) < 4.78 is 0. The zero-order valence-corrected chi connectivity index (χ0v) is 19.9. The molecule has 0 spiro atoms. The van der Waals surface area contributed by atoms with Gasteiger partial charge >= 0.3 is 17.4 Å². The number of hydrogen-bond donors (Lipinski definition) is 0. The van der Waals surface area contributed by atoms with Gasteiger partial charge < -0.3 is 43.8 Å². The Morgan fingerprint density at radius 2 is 0.719 bits per heavy atom. The van der Waals surface area contributed by atoms with Crippen molar-refractivity contribution in [2.45, 2.75) is 0 Å². The van der Waals surface area contributed by atoms with Gasteiger partial charge in [-0.15, -0.1) is 0 Å². The molecule has 0 fully saturated rings. The first-order chi connectivity index (χ1) is 14.6. The second kappa shape index (κ2) is 16.5. The van der Waals surface area contributed by atoms with Gasteiger partial charge in [0.2, 0.25) is 0 Å². The molecule has 4 rings (SSSR count). The van der Waals surface area contributed by atoms with Crippen LogP contribution in [0.15, 0.2) is 97.6 Å². The van der Waals surface area contributed by atoms with Gasteiger partial charge in [0.25, 0.3) is 0 Å². The Morgan fingerprint density at radius 3 is 0.844 bits per heavy atom. The van der Waals surface area contributed by atoms with Crippen molar-refractivity contribution in [3.8, 4) is 22.8 Å². The van der Waals surface area contributed by atoms with Crippen molar-refractivity contribution >= 4 is 11.9 Å². The number of carboxylic acids is 2. The molecule has 10 heteroatoms. The maximum absolute atomic E-state index is 8.93. The molecule has 4 aromatic heterocycles. The summed E-state index contributed by atoms with van der Waals surface area (Å²) in [5, 5.41) is 17.9. The van der Waals surface area contributed by atoms with E-state index in [-0.39, 0.29) is 41.3 Å². The van der Waals surface area contributed by atoms with Crippen LogP contribution in [0.4, 0.5) is 0 Å². The number of carbonyl (C=O) groups excluding carboxylic acids is 2. The summed E-state index contributed by atoms with van der Waals surface area (Å²) in [5.41, 5.74) is 3.66. The number of carbonyl (C=O) groups is 2. The average molecular weight is 579 g/mol. The van der Waals surface area contributed by atoms with Crippen LogP contribution in [0.3, 0.4) is 0 Å². The van der Waals surface area contributed by atoms with Gasteiger partial charge in [-0.3, -0.25) is 19.9 Å². The SMILES string of the molecule is O=C([O-])C(=O)[O-].[Cr+3].[I-].c1ccc(-c2ccccn2)nc1.c1ccc(-c2ccccn2)nc1. The second-order valence-corrected chi connectivity index (χ2v) is 5.43. The van der Waals surface area contributed by atoms with Crippen molar-refractivity contribution in [3.63, 3.8) is 0 Å². The van der Waals surface area contributed by atoms with Crippen LogP contribution in [0.1, 0.15) is 0 Å². The Kier molecular flexibility index (Phi) is 14.8. The summed E-state index contributed by atoms with van der Waals surface area (Å²) in [7, 11) is 0. The number of carboxylic acid groups (broad SMARTS) is 2. The summed E-state index contributed by atoms with van der Waals surface area (Å²) in [6.45, 7) is 0. The molecule has 0 aromatic carbocycles. The average Bonchev–Trinajstić information content (AvgIpc) is 2.82. The van der Waals surface area contributed by atoms with Gasteiger partial charge in [0, 0.05) is 24.8 Å². The normalized spacial score (nSPS) is 8.62. The van der Waals surface area contributed by atoms with E-state index >= 15 is 0 Å². The van der Waals surface area contributed by atoms with E-state index in [2.05, 4.69) is 19.9 Å². The van der Waals surface area contributed by atoms with Gasteiger partial charge in [0.1, 0.15) is 0 Å². The summed E-state index contributed by atoms with van der Waals surface area (Å²) in [4.78, 5) is 34.6. The van der Waals surface area contributed by atoms with Gasteiger partial charge in [-0.1, -0.05) is 24.3 Å². The molecule has 4 aromatic rings. The minimum atomic E-state index is -2.19. The molecule has 0 aliphatic rings. The molecule has 0 bridgehead atoms. The van der Waals surface area contributed by atoms with E-state index in [1.54, 1.807) is 24.8 Å². The molecule has 0 saturated carbocycles. The Balaban J connectivity index is 0.000000463. The molecule has 161 valence electrons. The Bertz CT molecular complexity index is 883. The Hall–Kier alpha value is -3.20. The van der Waals surface area contributed by atoms with E-state index in [4.69, 9.17) is 19.8 Å².